The summed E-state index contributed by atoms with van der Waals surface area (Å²) < 4.78 is 23.8. The molecule has 2 aromatic rings. The summed E-state index contributed by atoms with van der Waals surface area (Å²) in [5.41, 5.74) is 1.15. The fraction of sp³-hybridized carbons (Fsp3) is 0.312. The van der Waals surface area contributed by atoms with Crippen LogP contribution >= 0.6 is 0 Å². The number of nitrogens with zero attached hydrogens (tertiary/aromatic N) is 2. The minimum atomic E-state index is -1.25. The molecule has 2 rings (SSSR count). The van der Waals surface area contributed by atoms with Crippen LogP contribution in [0.1, 0.15) is 0 Å². The van der Waals surface area contributed by atoms with Crippen molar-refractivity contribution < 1.29 is 28.2 Å². The molecule has 9 nitrogen and oxygen atoms in total. The van der Waals surface area contributed by atoms with Crippen molar-refractivity contribution >= 4 is 29.1 Å². The van der Waals surface area contributed by atoms with E-state index in [0.29, 0.717) is 23.2 Å². The van der Waals surface area contributed by atoms with Gasteiger partial charge in [-0.1, -0.05) is 0 Å². The van der Waals surface area contributed by atoms with Crippen LogP contribution < -0.4 is 20.3 Å². The zero-order chi connectivity index (χ0) is 19.1. The summed E-state index contributed by atoms with van der Waals surface area (Å²) >= 11 is 0. The quantitative estimate of drug-likeness (QED) is 0.648. The summed E-state index contributed by atoms with van der Waals surface area (Å²) in [4.78, 5) is 27.7. The number of fused-ring (bicyclic) bond motifs is 1. The number of oxazole rings is 1. The Morgan fingerprint density at radius 1 is 1.46 bits per heavy atom. The second kappa shape index (κ2) is 8.70. The van der Waals surface area contributed by atoms with Gasteiger partial charge in [-0.3, -0.25) is 4.79 Å². The average Bonchev–Trinajstić information content (AvgIpc) is 3.05. The molecular formula is C16H19FN4O5. The molecule has 10 heteroatoms. The van der Waals surface area contributed by atoms with E-state index in [-0.39, 0.29) is 37.2 Å². The van der Waals surface area contributed by atoms with Crippen molar-refractivity contribution in [2.24, 2.45) is 0 Å². The smallest absolute Gasteiger partial charge is 0.404 e. The Bertz CT molecular complexity index is 820. The van der Waals surface area contributed by atoms with E-state index in [1.807, 2.05) is 0 Å². The standard InChI is InChI=1S/C16H19FN4O5/c1-18-14(22)8-21(2)15-20-12-4-3-11(5-13(12)26-15)25-9-10(6-17)7-19-16(23)24/h3-6,19H,7-9H2,1-2H3,(H,18,22)(H,23,24)/b10-6-. The molecule has 1 heterocycles. The van der Waals surface area contributed by atoms with Crippen LogP contribution in [0, 0.1) is 0 Å². The summed E-state index contributed by atoms with van der Waals surface area (Å²) in [5, 5.41) is 13.1. The predicted molar refractivity (Wildman–Crippen MR) is 92.1 cm³/mol. The van der Waals surface area contributed by atoms with Crippen LogP contribution in [0.4, 0.5) is 15.2 Å². The van der Waals surface area contributed by atoms with Gasteiger partial charge in [0.2, 0.25) is 5.91 Å². The van der Waals surface area contributed by atoms with E-state index in [1.54, 1.807) is 30.1 Å². The number of nitrogens with one attached hydrogen (secondary N) is 2. The van der Waals surface area contributed by atoms with Crippen LogP contribution in [0.3, 0.4) is 0 Å². The molecule has 140 valence electrons. The fourth-order valence-corrected chi connectivity index (χ4v) is 1.99. The lowest BCUT2D eigenvalue weighted by Crippen LogP contribution is -2.33. The normalized spacial score (nSPS) is 11.3. The van der Waals surface area contributed by atoms with Gasteiger partial charge in [0, 0.05) is 32.3 Å². The van der Waals surface area contributed by atoms with Gasteiger partial charge in [-0.2, -0.15) is 4.98 Å². The number of carbonyl (C=O) groups is 2. The fourth-order valence-electron chi connectivity index (χ4n) is 1.99. The van der Waals surface area contributed by atoms with Crippen molar-refractivity contribution in [2.45, 2.75) is 0 Å². The minimum Gasteiger partial charge on any atom is -0.489 e. The van der Waals surface area contributed by atoms with Crippen LogP contribution in [0.15, 0.2) is 34.5 Å². The van der Waals surface area contributed by atoms with Gasteiger partial charge < -0.3 is 29.8 Å². The van der Waals surface area contributed by atoms with E-state index in [9.17, 15) is 14.0 Å². The Kier molecular flexibility index (Phi) is 6.36. The molecule has 0 unspecified atom stereocenters. The maximum atomic E-state index is 12.7. The molecule has 0 saturated heterocycles. The largest absolute Gasteiger partial charge is 0.489 e. The number of amides is 2. The highest BCUT2D eigenvalue weighted by atomic mass is 19.1. The number of anilines is 1. The third kappa shape index (κ3) is 5.10. The number of rotatable bonds is 8. The lowest BCUT2D eigenvalue weighted by molar-refractivity contribution is -0.119. The van der Waals surface area contributed by atoms with Crippen molar-refractivity contribution in [3.05, 3.63) is 30.1 Å². The highest BCUT2D eigenvalue weighted by Gasteiger charge is 2.13. The molecule has 0 atom stereocenters. The molecule has 1 aromatic carbocycles. The minimum absolute atomic E-state index is 0.0912. The SMILES string of the molecule is CNC(=O)CN(C)c1nc2ccc(OC/C(=C\F)CNC(=O)O)cc2o1. The highest BCUT2D eigenvalue weighted by Crippen LogP contribution is 2.25. The van der Waals surface area contributed by atoms with Crippen LogP contribution in [0.5, 0.6) is 5.75 Å². The monoisotopic (exact) mass is 366 g/mol. The van der Waals surface area contributed by atoms with Crippen LogP contribution in [0.25, 0.3) is 11.1 Å². The zero-order valence-electron chi connectivity index (χ0n) is 14.3. The Labute approximate surface area is 148 Å². The second-order valence-corrected chi connectivity index (χ2v) is 5.37. The number of benzene rings is 1. The molecule has 0 aliphatic heterocycles. The van der Waals surface area contributed by atoms with E-state index in [2.05, 4.69) is 15.6 Å². The lowest BCUT2D eigenvalue weighted by atomic mass is 10.3. The Morgan fingerprint density at radius 2 is 2.23 bits per heavy atom. The maximum absolute atomic E-state index is 12.7. The highest BCUT2D eigenvalue weighted by molar-refractivity contribution is 5.81. The van der Waals surface area contributed by atoms with Gasteiger partial charge in [-0.05, 0) is 12.1 Å². The van der Waals surface area contributed by atoms with Gasteiger partial charge in [0.25, 0.3) is 6.01 Å². The lowest BCUT2D eigenvalue weighted by Gasteiger charge is -2.12. The predicted octanol–water partition coefficient (Wildman–Crippen LogP) is 1.51. The average molecular weight is 366 g/mol. The summed E-state index contributed by atoms with van der Waals surface area (Å²) in [5.74, 6) is 0.225. The number of hydrogen-bond donors (Lipinski definition) is 3. The van der Waals surface area contributed by atoms with Crippen molar-refractivity contribution in [1.29, 1.82) is 0 Å². The maximum Gasteiger partial charge on any atom is 0.404 e. The third-order valence-corrected chi connectivity index (χ3v) is 3.38. The van der Waals surface area contributed by atoms with E-state index < -0.39 is 6.09 Å². The number of likely N-dealkylation sites (N-methyl/N-ethyl adjacent to an activating group) is 2. The van der Waals surface area contributed by atoms with Crippen molar-refractivity contribution in [2.75, 3.05) is 38.7 Å². The van der Waals surface area contributed by atoms with Crippen LogP contribution in [0.2, 0.25) is 0 Å². The molecule has 0 aliphatic carbocycles. The van der Waals surface area contributed by atoms with Gasteiger partial charge in [-0.15, -0.1) is 0 Å². The van der Waals surface area contributed by atoms with Crippen molar-refractivity contribution in [3.8, 4) is 5.75 Å². The first-order chi connectivity index (χ1) is 12.4. The van der Waals surface area contributed by atoms with Crippen LogP contribution in [-0.4, -0.2) is 55.9 Å². The summed E-state index contributed by atoms with van der Waals surface area (Å²) in [6.45, 7) is -0.210. The first-order valence-corrected chi connectivity index (χ1v) is 7.63. The van der Waals surface area contributed by atoms with E-state index in [1.165, 1.54) is 7.05 Å². The topological polar surface area (TPSA) is 117 Å². The van der Waals surface area contributed by atoms with Crippen molar-refractivity contribution in [1.82, 2.24) is 15.6 Å². The van der Waals surface area contributed by atoms with Crippen molar-refractivity contribution in [3.63, 3.8) is 0 Å². The zero-order valence-corrected chi connectivity index (χ0v) is 14.3. The van der Waals surface area contributed by atoms with E-state index in [0.717, 1.165) is 0 Å². The first-order valence-electron chi connectivity index (χ1n) is 7.63. The third-order valence-electron chi connectivity index (χ3n) is 3.38. The molecular weight excluding hydrogens is 347 g/mol. The summed E-state index contributed by atoms with van der Waals surface area (Å²) in [6.07, 6.45) is -0.949. The molecule has 3 N–H and O–H groups in total. The molecule has 0 fully saturated rings. The first kappa shape index (κ1) is 19.0. The number of halogens is 1. The molecule has 1 aromatic heterocycles. The summed E-state index contributed by atoms with van der Waals surface area (Å²) in [6, 6.07) is 5.16. The number of carboxylic acid groups (broad SMARTS) is 1. The Hall–Kier alpha value is -3.30. The molecule has 0 spiro atoms. The number of ether oxygens (including phenoxy) is 1. The molecule has 26 heavy (non-hydrogen) atoms. The van der Waals surface area contributed by atoms with Gasteiger partial charge in [0.15, 0.2) is 5.58 Å². The number of aromatic nitrogens is 1. The van der Waals surface area contributed by atoms with Gasteiger partial charge >= 0.3 is 6.09 Å². The summed E-state index contributed by atoms with van der Waals surface area (Å²) in [7, 11) is 3.21. The van der Waals surface area contributed by atoms with Gasteiger partial charge in [0.1, 0.15) is 24.4 Å². The molecule has 0 bridgehead atoms. The Balaban J connectivity index is 2.04. The molecule has 0 aliphatic rings. The Morgan fingerprint density at radius 3 is 2.88 bits per heavy atom. The molecule has 0 radical (unpaired) electrons. The van der Waals surface area contributed by atoms with E-state index >= 15 is 0 Å². The van der Waals surface area contributed by atoms with Gasteiger partial charge in [-0.25, -0.2) is 9.18 Å². The second-order valence-electron chi connectivity index (χ2n) is 5.37. The number of carbonyl (C=O) groups excluding carboxylic acids is 1. The molecule has 0 saturated carbocycles. The number of hydrogen-bond acceptors (Lipinski definition) is 6. The van der Waals surface area contributed by atoms with E-state index in [4.69, 9.17) is 14.3 Å². The van der Waals surface area contributed by atoms with Gasteiger partial charge in [0.05, 0.1) is 6.33 Å². The molecule has 2 amide bonds. The van der Waals surface area contributed by atoms with Crippen LogP contribution in [-0.2, 0) is 4.79 Å².